The number of carboxylic acids is 1. The first-order valence-corrected chi connectivity index (χ1v) is 4.70. The lowest BCUT2D eigenvalue weighted by Gasteiger charge is -2.18. The van der Waals surface area contributed by atoms with Crippen LogP contribution in [0.25, 0.3) is 0 Å². The number of aliphatic carboxylic acids is 1. The van der Waals surface area contributed by atoms with E-state index in [-0.39, 0.29) is 10.0 Å². The Morgan fingerprint density at radius 1 is 1.50 bits per heavy atom. The largest absolute Gasteiger partial charge is 0.480 e. The zero-order valence-corrected chi connectivity index (χ0v) is 8.38. The van der Waals surface area contributed by atoms with Crippen LogP contribution in [0.5, 0.6) is 0 Å². The number of carbonyl (C=O) groups excluding carboxylic acids is 1. The van der Waals surface area contributed by atoms with Crippen LogP contribution >= 0.6 is 11.3 Å². The Hall–Kier alpha value is -1.64. The molecule has 16 heavy (non-hydrogen) atoms. The summed E-state index contributed by atoms with van der Waals surface area (Å²) < 4.78 is 36.4. The molecule has 1 aromatic heterocycles. The molecule has 0 radical (unpaired) electrons. The van der Waals surface area contributed by atoms with Crippen LogP contribution in [0.3, 0.4) is 0 Å². The van der Waals surface area contributed by atoms with Gasteiger partial charge < -0.3 is 5.11 Å². The van der Waals surface area contributed by atoms with E-state index in [1.54, 1.807) is 0 Å². The van der Waals surface area contributed by atoms with Crippen molar-refractivity contribution in [3.8, 4) is 0 Å². The van der Waals surface area contributed by atoms with Gasteiger partial charge in [-0.25, -0.2) is 4.98 Å². The van der Waals surface area contributed by atoms with Crippen molar-refractivity contribution >= 4 is 28.3 Å². The monoisotopic (exact) mass is 254 g/mol. The van der Waals surface area contributed by atoms with E-state index < -0.39 is 24.6 Å². The van der Waals surface area contributed by atoms with Crippen molar-refractivity contribution in [3.63, 3.8) is 0 Å². The summed E-state index contributed by atoms with van der Waals surface area (Å²) >= 11 is 0.748. The molecule has 0 bridgehead atoms. The highest BCUT2D eigenvalue weighted by Crippen LogP contribution is 2.24. The number of aromatic nitrogens is 1. The quantitative estimate of drug-likeness (QED) is 0.877. The Morgan fingerprint density at radius 2 is 2.12 bits per heavy atom. The minimum absolute atomic E-state index is 0.0764. The molecule has 0 unspecified atom stereocenters. The predicted molar refractivity (Wildman–Crippen MR) is 48.2 cm³/mol. The number of alkyl halides is 3. The number of hydrogen-bond acceptors (Lipinski definition) is 4. The van der Waals surface area contributed by atoms with Crippen molar-refractivity contribution in [3.05, 3.63) is 11.6 Å². The van der Waals surface area contributed by atoms with E-state index in [9.17, 15) is 22.8 Å². The van der Waals surface area contributed by atoms with Crippen LogP contribution in [0.15, 0.2) is 11.6 Å². The molecular formula is C7H5F3N2O3S. The van der Waals surface area contributed by atoms with Crippen LogP contribution in [0, 0.1) is 0 Å². The topological polar surface area (TPSA) is 70.5 Å². The molecule has 0 aliphatic rings. The van der Waals surface area contributed by atoms with E-state index >= 15 is 0 Å². The molecule has 0 aliphatic heterocycles. The number of carbonyl (C=O) groups is 2. The number of nitrogens with zero attached hydrogens (tertiary/aromatic N) is 2. The zero-order chi connectivity index (χ0) is 12.3. The molecule has 0 atom stereocenters. The molecule has 88 valence electrons. The van der Waals surface area contributed by atoms with Gasteiger partial charge in [-0.05, 0) is 0 Å². The minimum Gasteiger partial charge on any atom is -0.480 e. The van der Waals surface area contributed by atoms with E-state index in [2.05, 4.69) is 4.98 Å². The predicted octanol–water partition coefficient (Wildman–Crippen LogP) is 1.12. The van der Waals surface area contributed by atoms with Gasteiger partial charge in [0.15, 0.2) is 5.13 Å². The molecule has 1 heterocycles. The van der Waals surface area contributed by atoms with Crippen LogP contribution in [0.2, 0.25) is 0 Å². The number of carboxylic acid groups (broad SMARTS) is 1. The van der Waals surface area contributed by atoms with Crippen LogP contribution < -0.4 is 4.90 Å². The Bertz CT molecular complexity index is 390. The summed E-state index contributed by atoms with van der Waals surface area (Å²) in [7, 11) is 0. The van der Waals surface area contributed by atoms with Crippen molar-refractivity contribution in [1.82, 2.24) is 4.98 Å². The van der Waals surface area contributed by atoms with Crippen molar-refractivity contribution in [2.24, 2.45) is 0 Å². The molecular weight excluding hydrogens is 249 g/mol. The molecule has 1 N–H and O–H groups in total. The summed E-state index contributed by atoms with van der Waals surface area (Å²) in [5.41, 5.74) is 0. The van der Waals surface area contributed by atoms with Crippen molar-refractivity contribution in [1.29, 1.82) is 0 Å². The van der Waals surface area contributed by atoms with Gasteiger partial charge >= 0.3 is 18.1 Å². The van der Waals surface area contributed by atoms with Gasteiger partial charge in [0.2, 0.25) is 0 Å². The van der Waals surface area contributed by atoms with E-state index in [0.717, 1.165) is 11.3 Å². The van der Waals surface area contributed by atoms with Crippen molar-refractivity contribution in [2.75, 3.05) is 11.4 Å². The normalized spacial score (nSPS) is 11.2. The molecule has 0 aliphatic carbocycles. The molecule has 0 aromatic carbocycles. The summed E-state index contributed by atoms with van der Waals surface area (Å²) in [4.78, 5) is 24.8. The second-order valence-corrected chi connectivity index (χ2v) is 3.47. The maximum Gasteiger partial charge on any atom is 0.471 e. The van der Waals surface area contributed by atoms with Gasteiger partial charge in [0, 0.05) is 11.6 Å². The maximum absolute atomic E-state index is 12.1. The summed E-state index contributed by atoms with van der Waals surface area (Å²) in [6.45, 7) is -1.08. The number of hydrogen-bond donors (Lipinski definition) is 1. The summed E-state index contributed by atoms with van der Waals surface area (Å²) in [5, 5.41) is 9.45. The van der Waals surface area contributed by atoms with Crippen LogP contribution in [0.4, 0.5) is 18.3 Å². The maximum atomic E-state index is 12.1. The first kappa shape index (κ1) is 12.4. The first-order chi connectivity index (χ1) is 7.32. The Balaban J connectivity index is 2.97. The third-order valence-corrected chi connectivity index (χ3v) is 2.23. The lowest BCUT2D eigenvalue weighted by Crippen LogP contribution is -2.44. The van der Waals surface area contributed by atoms with E-state index in [4.69, 9.17) is 5.11 Å². The first-order valence-electron chi connectivity index (χ1n) is 3.82. The number of anilines is 1. The average molecular weight is 254 g/mol. The molecule has 1 aromatic rings. The third kappa shape index (κ3) is 2.92. The van der Waals surface area contributed by atoms with E-state index in [1.807, 2.05) is 0 Å². The van der Waals surface area contributed by atoms with E-state index in [1.165, 1.54) is 11.6 Å². The van der Waals surface area contributed by atoms with Gasteiger partial charge in [0.05, 0.1) is 0 Å². The van der Waals surface area contributed by atoms with Gasteiger partial charge in [-0.1, -0.05) is 0 Å². The molecule has 0 fully saturated rings. The van der Waals surface area contributed by atoms with Crippen LogP contribution in [0.1, 0.15) is 0 Å². The van der Waals surface area contributed by atoms with Gasteiger partial charge in [-0.15, -0.1) is 11.3 Å². The standard InChI is InChI=1S/C7H5F3N2O3S/c8-7(9,10)5(15)12(3-4(13)14)6-11-1-2-16-6/h1-2H,3H2,(H,13,14). The van der Waals surface area contributed by atoms with Gasteiger partial charge in [0.1, 0.15) is 6.54 Å². The van der Waals surface area contributed by atoms with Gasteiger partial charge in [-0.2, -0.15) is 13.2 Å². The smallest absolute Gasteiger partial charge is 0.471 e. The summed E-state index contributed by atoms with van der Waals surface area (Å²) in [5.74, 6) is -3.79. The molecule has 1 rings (SSSR count). The van der Waals surface area contributed by atoms with Crippen molar-refractivity contribution in [2.45, 2.75) is 6.18 Å². The molecule has 5 nitrogen and oxygen atoms in total. The van der Waals surface area contributed by atoms with Gasteiger partial charge in [-0.3, -0.25) is 14.5 Å². The lowest BCUT2D eigenvalue weighted by atomic mass is 10.4. The van der Waals surface area contributed by atoms with E-state index in [0.29, 0.717) is 0 Å². The highest BCUT2D eigenvalue weighted by molar-refractivity contribution is 7.13. The second-order valence-electron chi connectivity index (χ2n) is 2.60. The van der Waals surface area contributed by atoms with Gasteiger partial charge in [0.25, 0.3) is 0 Å². The van der Waals surface area contributed by atoms with Crippen molar-refractivity contribution < 1.29 is 27.9 Å². The SMILES string of the molecule is O=C(O)CN(C(=O)C(F)(F)F)c1nccs1. The number of thiazole rings is 1. The fraction of sp³-hybridized carbons (Fsp3) is 0.286. The number of amides is 1. The summed E-state index contributed by atoms with van der Waals surface area (Å²) in [6, 6.07) is 0. The fourth-order valence-corrected chi connectivity index (χ4v) is 1.50. The lowest BCUT2D eigenvalue weighted by molar-refractivity contribution is -0.170. The molecule has 0 spiro atoms. The minimum atomic E-state index is -5.12. The molecule has 0 saturated heterocycles. The van der Waals surface area contributed by atoms with Crippen LogP contribution in [-0.2, 0) is 9.59 Å². The Labute approximate surface area is 91.1 Å². The molecule has 9 heteroatoms. The third-order valence-electron chi connectivity index (χ3n) is 1.43. The average Bonchev–Trinajstić information content (AvgIpc) is 2.63. The Kier molecular flexibility index (Phi) is 3.48. The fourth-order valence-electron chi connectivity index (χ4n) is 0.864. The van der Waals surface area contributed by atoms with Crippen LogP contribution in [-0.4, -0.2) is 34.7 Å². The molecule has 1 amide bonds. The summed E-state index contributed by atoms with van der Waals surface area (Å²) in [6.07, 6.45) is -3.94. The number of halogens is 3. The second kappa shape index (κ2) is 4.47. The highest BCUT2D eigenvalue weighted by Gasteiger charge is 2.44. The Morgan fingerprint density at radius 3 is 2.50 bits per heavy atom. The highest BCUT2D eigenvalue weighted by atomic mass is 32.1. The molecule has 0 saturated carbocycles. The zero-order valence-electron chi connectivity index (χ0n) is 7.56. The number of rotatable bonds is 3.